The van der Waals surface area contributed by atoms with E-state index in [1.807, 2.05) is 0 Å². The van der Waals surface area contributed by atoms with Crippen LogP contribution in [0.3, 0.4) is 0 Å². The number of rotatable bonds is 6. The third-order valence-corrected chi connectivity index (χ3v) is 5.15. The maximum Gasteiger partial charge on any atom is 0.490 e. The van der Waals surface area contributed by atoms with Crippen LogP contribution in [0.1, 0.15) is 28.4 Å². The third-order valence-electron chi connectivity index (χ3n) is 5.15. The first kappa shape index (κ1) is 34.1. The number of methoxy groups -OCH3 is 1. The van der Waals surface area contributed by atoms with Crippen molar-refractivity contribution < 1.29 is 63.9 Å². The van der Waals surface area contributed by atoms with Crippen molar-refractivity contribution in [3.63, 3.8) is 0 Å². The van der Waals surface area contributed by atoms with Gasteiger partial charge in [-0.2, -0.15) is 39.5 Å². The molecule has 0 saturated carbocycles. The monoisotopic (exact) mass is 628 g/mol. The van der Waals surface area contributed by atoms with Crippen molar-refractivity contribution >= 4 is 23.4 Å². The lowest BCUT2D eigenvalue weighted by molar-refractivity contribution is -0.384. The number of hydrogen-bond donors (Lipinski definition) is 3. The number of carboxylic acid groups (broad SMARTS) is 1. The molecular formula is C24H17F9N4O6. The number of aliphatic carboxylic acids is 1. The lowest BCUT2D eigenvalue weighted by Crippen LogP contribution is -2.35. The molecule has 2 aromatic carbocycles. The van der Waals surface area contributed by atoms with Gasteiger partial charge in [-0.05, 0) is 35.9 Å². The second-order valence-electron chi connectivity index (χ2n) is 8.03. The molecule has 1 aromatic heterocycles. The molecule has 2 amide bonds. The highest BCUT2D eigenvalue weighted by molar-refractivity contribution is 5.91. The molecule has 0 aliphatic heterocycles. The van der Waals surface area contributed by atoms with Crippen LogP contribution in [0, 0.1) is 10.1 Å². The number of carbonyl (C=O) groups excluding carboxylic acids is 1. The molecule has 1 atom stereocenters. The number of benzene rings is 2. The van der Waals surface area contributed by atoms with Crippen molar-refractivity contribution in [2.24, 2.45) is 0 Å². The van der Waals surface area contributed by atoms with Crippen molar-refractivity contribution in [3.8, 4) is 5.75 Å². The van der Waals surface area contributed by atoms with Crippen molar-refractivity contribution in [3.05, 3.63) is 93.3 Å². The average Bonchev–Trinajstić information content (AvgIpc) is 2.90. The Morgan fingerprint density at radius 2 is 1.53 bits per heavy atom. The molecule has 3 rings (SSSR count). The third kappa shape index (κ3) is 9.47. The second kappa shape index (κ2) is 13.3. The predicted octanol–water partition coefficient (Wildman–Crippen LogP) is 6.58. The number of alkyl halides is 9. The zero-order valence-corrected chi connectivity index (χ0v) is 21.1. The molecule has 3 N–H and O–H groups in total. The van der Waals surface area contributed by atoms with Crippen LogP contribution in [0.15, 0.2) is 60.8 Å². The smallest absolute Gasteiger partial charge is 0.490 e. The van der Waals surface area contributed by atoms with Crippen LogP contribution >= 0.6 is 0 Å². The minimum absolute atomic E-state index is 0.0520. The Morgan fingerprint density at radius 3 is 2.00 bits per heavy atom. The summed E-state index contributed by atoms with van der Waals surface area (Å²) in [6, 6.07) is 5.45. The summed E-state index contributed by atoms with van der Waals surface area (Å²) < 4.78 is 117. The first-order chi connectivity index (χ1) is 19.8. The molecular weight excluding hydrogens is 611 g/mol. The summed E-state index contributed by atoms with van der Waals surface area (Å²) in [4.78, 5) is 35.6. The van der Waals surface area contributed by atoms with Gasteiger partial charge in [-0.25, -0.2) is 9.59 Å². The van der Waals surface area contributed by atoms with E-state index in [1.54, 1.807) is 0 Å². The molecule has 3 aromatic rings. The number of nitro benzene ring substituents is 1. The van der Waals surface area contributed by atoms with Gasteiger partial charge in [0, 0.05) is 12.3 Å². The van der Waals surface area contributed by atoms with Gasteiger partial charge in [0.1, 0.15) is 5.75 Å². The van der Waals surface area contributed by atoms with Gasteiger partial charge in [0.15, 0.2) is 0 Å². The SMILES string of the molecule is COc1cc([N+](=O)[O-])ccc1NC(=O)N[C@@H](c1ccc(C(F)(F)F)cc1)c1ncccc1C(F)(F)F.O=C(O)C(F)(F)F. The van der Waals surface area contributed by atoms with E-state index in [2.05, 4.69) is 15.6 Å². The van der Waals surface area contributed by atoms with E-state index in [1.165, 1.54) is 7.11 Å². The van der Waals surface area contributed by atoms with Crippen molar-refractivity contribution in [2.75, 3.05) is 12.4 Å². The quantitative estimate of drug-likeness (QED) is 0.159. The second-order valence-corrected chi connectivity index (χ2v) is 8.03. The molecule has 0 spiro atoms. The highest BCUT2D eigenvalue weighted by Crippen LogP contribution is 2.37. The number of halogens is 9. The zero-order chi connectivity index (χ0) is 32.8. The number of amides is 2. The van der Waals surface area contributed by atoms with E-state index < -0.39 is 58.3 Å². The molecule has 10 nitrogen and oxygen atoms in total. The minimum atomic E-state index is -5.08. The number of hydrogen-bond acceptors (Lipinski definition) is 6. The van der Waals surface area contributed by atoms with E-state index in [9.17, 15) is 54.4 Å². The van der Waals surface area contributed by atoms with E-state index in [0.717, 1.165) is 48.7 Å². The molecule has 1 heterocycles. The van der Waals surface area contributed by atoms with Crippen LogP contribution in [-0.2, 0) is 17.1 Å². The summed E-state index contributed by atoms with van der Waals surface area (Å²) in [5, 5.41) is 22.6. The highest BCUT2D eigenvalue weighted by Gasteiger charge is 2.39. The van der Waals surface area contributed by atoms with Crippen LogP contribution in [0.25, 0.3) is 0 Å². The molecule has 0 radical (unpaired) electrons. The fourth-order valence-corrected chi connectivity index (χ4v) is 3.25. The van der Waals surface area contributed by atoms with Gasteiger partial charge in [-0.3, -0.25) is 15.1 Å². The number of nitrogens with one attached hydrogen (secondary N) is 2. The van der Waals surface area contributed by atoms with Crippen LogP contribution in [0.2, 0.25) is 0 Å². The Bertz CT molecular complexity index is 1460. The Morgan fingerprint density at radius 1 is 0.953 bits per heavy atom. The summed E-state index contributed by atoms with van der Waals surface area (Å²) in [5.74, 6) is -2.87. The van der Waals surface area contributed by atoms with Gasteiger partial charge < -0.3 is 20.5 Å². The highest BCUT2D eigenvalue weighted by atomic mass is 19.4. The maximum absolute atomic E-state index is 13.6. The Hall–Kier alpha value is -5.10. The molecule has 0 saturated heterocycles. The largest absolute Gasteiger partial charge is 0.494 e. The average molecular weight is 628 g/mol. The first-order valence-corrected chi connectivity index (χ1v) is 11.1. The normalized spacial score (nSPS) is 12.3. The van der Waals surface area contributed by atoms with Crippen LogP contribution in [0.5, 0.6) is 5.75 Å². The Labute approximate surface area is 234 Å². The molecule has 0 aliphatic carbocycles. The first-order valence-electron chi connectivity index (χ1n) is 11.1. The standard InChI is InChI=1S/C22H16F6N4O4.C2HF3O2/c1-36-17-11-14(32(34)35)8-9-16(17)30-20(33)31-18(12-4-6-13(7-5-12)21(23,24)25)19-15(22(26,27)28)3-2-10-29-19;3-2(4,5)1(6)7/h2-11,18H,1H3,(H2,30,31,33);(H,6,7)/t18-;/m0./s1. The minimum Gasteiger partial charge on any atom is -0.494 e. The number of anilines is 1. The topological polar surface area (TPSA) is 144 Å². The van der Waals surface area contributed by atoms with Gasteiger partial charge in [-0.15, -0.1) is 0 Å². The summed E-state index contributed by atoms with van der Waals surface area (Å²) in [6.07, 6.45) is -13.6. The van der Waals surface area contributed by atoms with E-state index in [-0.39, 0.29) is 22.7 Å². The molecule has 0 fully saturated rings. The molecule has 0 aliphatic rings. The number of carbonyl (C=O) groups is 2. The van der Waals surface area contributed by atoms with Crippen LogP contribution in [-0.4, -0.2) is 40.3 Å². The fourth-order valence-electron chi connectivity index (χ4n) is 3.25. The van der Waals surface area contributed by atoms with Gasteiger partial charge >= 0.3 is 30.5 Å². The van der Waals surface area contributed by atoms with Crippen molar-refractivity contribution in [1.82, 2.24) is 10.3 Å². The van der Waals surface area contributed by atoms with Crippen LogP contribution in [0.4, 0.5) is 55.7 Å². The molecule has 0 bridgehead atoms. The summed E-state index contributed by atoms with van der Waals surface area (Å²) in [6.45, 7) is 0. The number of ether oxygens (including phenoxy) is 1. The van der Waals surface area contributed by atoms with E-state index in [0.29, 0.717) is 12.1 Å². The summed E-state index contributed by atoms with van der Waals surface area (Å²) >= 11 is 0. The summed E-state index contributed by atoms with van der Waals surface area (Å²) in [5.41, 5.74) is -3.41. The maximum atomic E-state index is 13.6. The molecule has 232 valence electrons. The number of carboxylic acids is 1. The fraction of sp³-hybridized carbons (Fsp3) is 0.208. The van der Waals surface area contributed by atoms with Gasteiger partial charge in [-0.1, -0.05) is 12.1 Å². The number of aromatic nitrogens is 1. The number of urea groups is 1. The Balaban J connectivity index is 0.000000821. The number of pyridine rings is 1. The van der Waals surface area contributed by atoms with E-state index >= 15 is 0 Å². The number of non-ortho nitro benzene ring substituents is 1. The number of nitrogens with zero attached hydrogens (tertiary/aromatic N) is 2. The van der Waals surface area contributed by atoms with Crippen molar-refractivity contribution in [1.29, 1.82) is 0 Å². The van der Waals surface area contributed by atoms with Gasteiger partial charge in [0.05, 0.1) is 46.6 Å². The lowest BCUT2D eigenvalue weighted by Gasteiger charge is -2.23. The molecule has 19 heteroatoms. The van der Waals surface area contributed by atoms with Crippen LogP contribution < -0.4 is 15.4 Å². The predicted molar refractivity (Wildman–Crippen MR) is 128 cm³/mol. The van der Waals surface area contributed by atoms with Gasteiger partial charge in [0.25, 0.3) is 5.69 Å². The summed E-state index contributed by atoms with van der Waals surface area (Å²) in [7, 11) is 1.18. The molecule has 43 heavy (non-hydrogen) atoms. The van der Waals surface area contributed by atoms with Crippen molar-refractivity contribution in [2.45, 2.75) is 24.6 Å². The Kier molecular flexibility index (Phi) is 10.5. The van der Waals surface area contributed by atoms with E-state index in [4.69, 9.17) is 14.6 Å². The number of nitro groups is 1. The molecule has 0 unspecified atom stereocenters. The lowest BCUT2D eigenvalue weighted by atomic mass is 9.98. The zero-order valence-electron chi connectivity index (χ0n) is 21.1. The van der Waals surface area contributed by atoms with Gasteiger partial charge in [0.2, 0.25) is 0 Å².